The van der Waals surface area contributed by atoms with Crippen molar-refractivity contribution in [2.24, 2.45) is 11.8 Å². The maximum atomic E-state index is 9.91. The predicted molar refractivity (Wildman–Crippen MR) is 86.2 cm³/mol. The molecule has 0 aromatic heterocycles. The van der Waals surface area contributed by atoms with E-state index in [2.05, 4.69) is 19.2 Å². The Bertz CT molecular complexity index is 416. The van der Waals surface area contributed by atoms with Crippen LogP contribution in [0.1, 0.15) is 38.7 Å². The van der Waals surface area contributed by atoms with Gasteiger partial charge in [0.15, 0.2) is 0 Å². The summed E-state index contributed by atoms with van der Waals surface area (Å²) in [6, 6.07) is 10.1. The van der Waals surface area contributed by atoms with Gasteiger partial charge in [0.1, 0.15) is 0 Å². The summed E-state index contributed by atoms with van der Waals surface area (Å²) in [5.41, 5.74) is 0.570. The lowest BCUT2D eigenvalue weighted by molar-refractivity contribution is -0.0394. The fraction of sp³-hybridized carbons (Fsp3) is 0.667. The van der Waals surface area contributed by atoms with E-state index in [-0.39, 0.29) is 6.61 Å². The number of likely N-dealkylation sites (N-methyl/N-ethyl adjacent to an activating group) is 1. The van der Waals surface area contributed by atoms with Crippen LogP contribution in [0, 0.1) is 11.8 Å². The highest BCUT2D eigenvalue weighted by atomic mass is 16.5. The largest absolute Gasteiger partial charge is 0.394 e. The highest BCUT2D eigenvalue weighted by Gasteiger charge is 2.33. The number of aliphatic hydroxyl groups excluding tert-OH is 1. The first-order valence-electron chi connectivity index (χ1n) is 8.08. The summed E-state index contributed by atoms with van der Waals surface area (Å²) in [5, 5.41) is 13.2. The van der Waals surface area contributed by atoms with Crippen molar-refractivity contribution in [1.29, 1.82) is 0 Å². The van der Waals surface area contributed by atoms with E-state index < -0.39 is 5.54 Å². The van der Waals surface area contributed by atoms with Gasteiger partial charge < -0.3 is 15.2 Å². The Morgan fingerprint density at radius 1 is 1.19 bits per heavy atom. The Morgan fingerprint density at radius 2 is 1.90 bits per heavy atom. The van der Waals surface area contributed by atoms with Crippen LogP contribution in [0.2, 0.25) is 0 Å². The van der Waals surface area contributed by atoms with Gasteiger partial charge in [0, 0.05) is 0 Å². The summed E-state index contributed by atoms with van der Waals surface area (Å²) in [6.07, 6.45) is 3.81. The first-order chi connectivity index (χ1) is 10.1. The van der Waals surface area contributed by atoms with E-state index in [4.69, 9.17) is 4.74 Å². The highest BCUT2D eigenvalue weighted by molar-refractivity contribution is 5.24. The molecule has 0 radical (unpaired) electrons. The van der Waals surface area contributed by atoms with Crippen LogP contribution in [0.15, 0.2) is 30.3 Å². The molecule has 0 spiro atoms. The Labute approximate surface area is 128 Å². The molecule has 3 nitrogen and oxygen atoms in total. The molecule has 0 bridgehead atoms. The van der Waals surface area contributed by atoms with Crippen molar-refractivity contribution in [2.45, 2.75) is 44.8 Å². The minimum absolute atomic E-state index is 0.0339. The number of aliphatic hydroxyl groups is 1. The molecule has 4 unspecified atom stereocenters. The number of rotatable bonds is 6. The molecule has 21 heavy (non-hydrogen) atoms. The predicted octanol–water partition coefficient (Wildman–Crippen LogP) is 2.93. The topological polar surface area (TPSA) is 41.5 Å². The number of nitrogens with one attached hydrogen (secondary N) is 1. The molecule has 0 amide bonds. The van der Waals surface area contributed by atoms with Crippen molar-refractivity contribution in [3.63, 3.8) is 0 Å². The van der Waals surface area contributed by atoms with Gasteiger partial charge in [-0.05, 0) is 43.7 Å². The second-order valence-corrected chi connectivity index (χ2v) is 6.56. The zero-order valence-electron chi connectivity index (χ0n) is 13.5. The maximum absolute atomic E-state index is 9.91. The normalized spacial score (nSPS) is 29.0. The van der Waals surface area contributed by atoms with Gasteiger partial charge >= 0.3 is 0 Å². The van der Waals surface area contributed by atoms with E-state index in [0.717, 1.165) is 30.2 Å². The van der Waals surface area contributed by atoms with Crippen molar-refractivity contribution >= 4 is 0 Å². The van der Waals surface area contributed by atoms with E-state index in [1.165, 1.54) is 6.42 Å². The molecule has 3 heteroatoms. The molecule has 0 aliphatic heterocycles. The molecule has 1 aromatic rings. The smallest absolute Gasteiger partial charge is 0.0903 e. The molecule has 2 N–H and O–H groups in total. The third kappa shape index (κ3) is 3.85. The molecular formula is C18H29NO2. The van der Waals surface area contributed by atoms with Crippen molar-refractivity contribution in [1.82, 2.24) is 5.32 Å². The fourth-order valence-corrected chi connectivity index (χ4v) is 3.18. The van der Waals surface area contributed by atoms with E-state index in [0.29, 0.717) is 12.7 Å². The molecule has 118 valence electrons. The van der Waals surface area contributed by atoms with Crippen LogP contribution in [-0.4, -0.2) is 31.5 Å². The summed E-state index contributed by atoms with van der Waals surface area (Å²) < 4.78 is 6.18. The minimum Gasteiger partial charge on any atom is -0.394 e. The maximum Gasteiger partial charge on any atom is 0.0903 e. The lowest BCUT2D eigenvalue weighted by Crippen LogP contribution is -2.48. The van der Waals surface area contributed by atoms with Gasteiger partial charge in [-0.25, -0.2) is 0 Å². The van der Waals surface area contributed by atoms with E-state index in [9.17, 15) is 5.11 Å². The van der Waals surface area contributed by atoms with Gasteiger partial charge in [0.05, 0.1) is 24.9 Å². The fourth-order valence-electron chi connectivity index (χ4n) is 3.18. The zero-order valence-corrected chi connectivity index (χ0v) is 13.5. The summed E-state index contributed by atoms with van der Waals surface area (Å²) in [4.78, 5) is 0. The lowest BCUT2D eigenvalue weighted by Gasteiger charge is -2.37. The summed E-state index contributed by atoms with van der Waals surface area (Å²) >= 11 is 0. The Kier molecular flexibility index (Phi) is 5.80. The second-order valence-electron chi connectivity index (χ2n) is 6.56. The van der Waals surface area contributed by atoms with Gasteiger partial charge in [0.25, 0.3) is 0 Å². The molecule has 1 fully saturated rings. The number of hydrogen-bond acceptors (Lipinski definition) is 3. The average Bonchev–Trinajstić information content (AvgIpc) is 2.53. The van der Waals surface area contributed by atoms with Gasteiger partial charge in [-0.15, -0.1) is 0 Å². The van der Waals surface area contributed by atoms with Crippen LogP contribution in [0.3, 0.4) is 0 Å². The SMILES string of the molecule is CNC(CO)(COC1CCC(C)C(C)C1)c1ccccc1. The first kappa shape index (κ1) is 16.5. The van der Waals surface area contributed by atoms with Gasteiger partial charge in [-0.3, -0.25) is 0 Å². The second kappa shape index (κ2) is 7.39. The third-order valence-corrected chi connectivity index (χ3v) is 5.19. The molecule has 0 heterocycles. The van der Waals surface area contributed by atoms with Crippen molar-refractivity contribution in [3.05, 3.63) is 35.9 Å². The Balaban J connectivity index is 2.01. The van der Waals surface area contributed by atoms with Gasteiger partial charge in [-0.1, -0.05) is 44.2 Å². The van der Waals surface area contributed by atoms with Crippen molar-refractivity contribution in [2.75, 3.05) is 20.3 Å². The third-order valence-electron chi connectivity index (χ3n) is 5.19. The molecule has 1 aliphatic rings. The summed E-state index contributed by atoms with van der Waals surface area (Å²) in [6.45, 7) is 5.19. The van der Waals surface area contributed by atoms with Crippen LogP contribution in [0.4, 0.5) is 0 Å². The van der Waals surface area contributed by atoms with Gasteiger partial charge in [0.2, 0.25) is 0 Å². The summed E-state index contributed by atoms with van der Waals surface area (Å²) in [7, 11) is 1.89. The molecule has 4 atom stereocenters. The number of benzene rings is 1. The van der Waals surface area contributed by atoms with Crippen molar-refractivity contribution in [3.8, 4) is 0 Å². The van der Waals surface area contributed by atoms with Crippen LogP contribution in [0.5, 0.6) is 0 Å². The Hall–Kier alpha value is -0.900. The van der Waals surface area contributed by atoms with Crippen LogP contribution in [-0.2, 0) is 10.3 Å². The standard InChI is InChI=1S/C18H29NO2/c1-14-9-10-17(11-15(14)2)21-13-18(12-20,19-3)16-7-5-4-6-8-16/h4-8,14-15,17,19-20H,9-13H2,1-3H3. The average molecular weight is 291 g/mol. The van der Waals surface area contributed by atoms with Gasteiger partial charge in [-0.2, -0.15) is 0 Å². The highest BCUT2D eigenvalue weighted by Crippen LogP contribution is 2.32. The molecule has 2 rings (SSSR count). The van der Waals surface area contributed by atoms with Crippen molar-refractivity contribution < 1.29 is 9.84 Å². The van der Waals surface area contributed by atoms with E-state index >= 15 is 0 Å². The number of ether oxygens (including phenoxy) is 1. The molecule has 1 aliphatic carbocycles. The minimum atomic E-state index is -0.506. The van der Waals surface area contributed by atoms with E-state index in [1.807, 2.05) is 37.4 Å². The molecule has 0 saturated heterocycles. The van der Waals surface area contributed by atoms with Crippen LogP contribution in [0.25, 0.3) is 0 Å². The quantitative estimate of drug-likeness (QED) is 0.847. The summed E-state index contributed by atoms with van der Waals surface area (Å²) in [5.74, 6) is 1.52. The first-order valence-corrected chi connectivity index (χ1v) is 8.08. The molecular weight excluding hydrogens is 262 g/mol. The molecule has 1 saturated carbocycles. The van der Waals surface area contributed by atoms with Crippen LogP contribution >= 0.6 is 0 Å². The molecule has 1 aromatic carbocycles. The zero-order chi connectivity index (χ0) is 15.3. The Morgan fingerprint density at radius 3 is 2.48 bits per heavy atom. The van der Waals surface area contributed by atoms with Crippen LogP contribution < -0.4 is 5.32 Å². The number of hydrogen-bond donors (Lipinski definition) is 2. The van der Waals surface area contributed by atoms with E-state index in [1.54, 1.807) is 0 Å². The lowest BCUT2D eigenvalue weighted by atomic mass is 9.80. The monoisotopic (exact) mass is 291 g/mol.